The molecule has 1 saturated heterocycles. The van der Waals surface area contributed by atoms with Gasteiger partial charge in [-0.15, -0.1) is 0 Å². The van der Waals surface area contributed by atoms with Crippen LogP contribution < -0.4 is 15.4 Å². The highest BCUT2D eigenvalue weighted by atomic mass is 19.1. The van der Waals surface area contributed by atoms with Gasteiger partial charge in [-0.05, 0) is 95.2 Å². The zero-order valence-corrected chi connectivity index (χ0v) is 30.9. The second-order valence-electron chi connectivity index (χ2n) is 14.8. The van der Waals surface area contributed by atoms with Crippen LogP contribution >= 0.6 is 0 Å². The van der Waals surface area contributed by atoms with E-state index in [1.807, 2.05) is 19.1 Å². The van der Waals surface area contributed by atoms with E-state index < -0.39 is 59.5 Å². The standard InChI is InChI=1S/C38H52FN5O7/c1-23(2)32(41-33(45)25(4)42(8)36(48)51-38(5,6)7)35(47)44-21-20-43(37(49)50-28-18-16-27(39)17-19-28)22-31(44)34(46)40-24(3)29-15-11-13-26-12-9-10-14-30(26)29/h9-10,12,14,16-19,23-25,29,31-32H,11,13,15,20-22H2,1-8H3,(H,40,46)(H,41,45)/t24-,25+,29?,31+,32+/m1/s1. The molecule has 0 spiro atoms. The molecule has 1 fully saturated rings. The van der Waals surface area contributed by atoms with Crippen LogP contribution in [0.5, 0.6) is 5.75 Å². The fourth-order valence-corrected chi connectivity index (χ4v) is 6.47. The number of carbonyl (C=O) groups is 5. The summed E-state index contributed by atoms with van der Waals surface area (Å²) in [6.07, 6.45) is 1.41. The van der Waals surface area contributed by atoms with Gasteiger partial charge in [0, 0.05) is 32.1 Å². The van der Waals surface area contributed by atoms with Crippen molar-refractivity contribution in [3.05, 3.63) is 65.5 Å². The number of carbonyl (C=O) groups excluding carboxylic acids is 5. The number of benzene rings is 2. The van der Waals surface area contributed by atoms with Crippen LogP contribution in [-0.2, 0) is 25.5 Å². The predicted octanol–water partition coefficient (Wildman–Crippen LogP) is 4.86. The molecular weight excluding hydrogens is 657 g/mol. The Labute approximate surface area is 300 Å². The zero-order chi connectivity index (χ0) is 37.6. The lowest BCUT2D eigenvalue weighted by Gasteiger charge is -2.42. The topological polar surface area (TPSA) is 138 Å². The zero-order valence-electron chi connectivity index (χ0n) is 30.9. The van der Waals surface area contributed by atoms with Gasteiger partial charge in [-0.3, -0.25) is 19.3 Å². The van der Waals surface area contributed by atoms with Gasteiger partial charge in [0.25, 0.3) is 0 Å². The monoisotopic (exact) mass is 709 g/mol. The number of nitrogens with one attached hydrogen (secondary N) is 2. The van der Waals surface area contributed by atoms with Crippen LogP contribution in [0.15, 0.2) is 48.5 Å². The normalized spacial score (nSPS) is 19.3. The van der Waals surface area contributed by atoms with Crippen LogP contribution in [0, 0.1) is 11.7 Å². The first-order valence-corrected chi connectivity index (χ1v) is 17.6. The number of aryl methyl sites for hydroxylation is 1. The van der Waals surface area contributed by atoms with Crippen molar-refractivity contribution in [3.8, 4) is 5.75 Å². The summed E-state index contributed by atoms with van der Waals surface area (Å²) in [5.74, 6) is -2.16. The van der Waals surface area contributed by atoms with Crippen LogP contribution in [-0.4, -0.2) is 101 Å². The minimum Gasteiger partial charge on any atom is -0.444 e. The van der Waals surface area contributed by atoms with Gasteiger partial charge >= 0.3 is 12.2 Å². The average Bonchev–Trinajstić information content (AvgIpc) is 3.08. The molecule has 5 atom stereocenters. The number of fused-ring (bicyclic) bond motifs is 1. The van der Waals surface area contributed by atoms with Crippen LogP contribution in [0.3, 0.4) is 0 Å². The maximum absolute atomic E-state index is 14.3. The molecule has 13 heteroatoms. The summed E-state index contributed by atoms with van der Waals surface area (Å²) in [4.78, 5) is 71.7. The Hall–Kier alpha value is -4.68. The lowest BCUT2D eigenvalue weighted by Crippen LogP contribution is -2.66. The summed E-state index contributed by atoms with van der Waals surface area (Å²) in [6.45, 7) is 12.1. The van der Waals surface area contributed by atoms with Gasteiger partial charge in [0.15, 0.2) is 0 Å². The van der Waals surface area contributed by atoms with E-state index in [-0.39, 0.29) is 43.3 Å². The Morgan fingerprint density at radius 3 is 2.25 bits per heavy atom. The van der Waals surface area contributed by atoms with Crippen molar-refractivity contribution in [2.75, 3.05) is 26.7 Å². The van der Waals surface area contributed by atoms with Gasteiger partial charge in [-0.25, -0.2) is 14.0 Å². The SMILES string of the molecule is CC(C)[C@H](NC(=O)[C@H](C)N(C)C(=O)OC(C)(C)C)C(=O)N1CCN(C(=O)Oc2ccc(F)cc2)C[C@H]1C(=O)N[C@H](C)C1CCCc2ccccc21. The third kappa shape index (κ3) is 9.98. The average molecular weight is 710 g/mol. The van der Waals surface area contributed by atoms with Crippen LogP contribution in [0.25, 0.3) is 0 Å². The van der Waals surface area contributed by atoms with Crippen molar-refractivity contribution in [1.82, 2.24) is 25.3 Å². The summed E-state index contributed by atoms with van der Waals surface area (Å²) in [5, 5.41) is 5.93. The van der Waals surface area contributed by atoms with Gasteiger partial charge in [0.1, 0.15) is 35.3 Å². The maximum atomic E-state index is 14.3. The predicted molar refractivity (Wildman–Crippen MR) is 189 cm³/mol. The second kappa shape index (κ2) is 16.6. The second-order valence-corrected chi connectivity index (χ2v) is 14.8. The number of piperazine rings is 1. The molecule has 1 aliphatic heterocycles. The molecule has 0 aromatic heterocycles. The molecule has 0 bridgehead atoms. The molecule has 1 aliphatic carbocycles. The summed E-state index contributed by atoms with van der Waals surface area (Å²) < 4.78 is 24.3. The number of amides is 5. The highest BCUT2D eigenvalue weighted by molar-refractivity contribution is 5.94. The van der Waals surface area contributed by atoms with E-state index in [0.29, 0.717) is 0 Å². The Balaban J connectivity index is 1.55. The highest BCUT2D eigenvalue weighted by Gasteiger charge is 2.42. The fourth-order valence-electron chi connectivity index (χ4n) is 6.47. The fraction of sp³-hybridized carbons (Fsp3) is 0.553. The molecule has 1 unspecified atom stereocenters. The number of ether oxygens (including phenoxy) is 2. The van der Waals surface area contributed by atoms with E-state index in [2.05, 4.69) is 22.8 Å². The first-order valence-electron chi connectivity index (χ1n) is 17.6. The minimum atomic E-state index is -1.10. The van der Waals surface area contributed by atoms with Gasteiger partial charge in [0.2, 0.25) is 17.7 Å². The molecule has 278 valence electrons. The van der Waals surface area contributed by atoms with E-state index in [4.69, 9.17) is 9.47 Å². The van der Waals surface area contributed by atoms with Gasteiger partial charge < -0.3 is 29.9 Å². The van der Waals surface area contributed by atoms with Crippen molar-refractivity contribution >= 4 is 29.9 Å². The van der Waals surface area contributed by atoms with E-state index in [1.165, 1.54) is 59.2 Å². The largest absolute Gasteiger partial charge is 0.444 e. The molecule has 1 heterocycles. The van der Waals surface area contributed by atoms with Crippen molar-refractivity contribution in [2.45, 2.75) is 103 Å². The summed E-state index contributed by atoms with van der Waals surface area (Å²) in [6, 6.07) is 9.82. The highest BCUT2D eigenvalue weighted by Crippen LogP contribution is 2.34. The van der Waals surface area contributed by atoms with Crippen molar-refractivity contribution in [1.29, 1.82) is 0 Å². The molecule has 12 nitrogen and oxygen atoms in total. The number of likely N-dealkylation sites (N-methyl/N-ethyl adjacent to an activating group) is 1. The lowest BCUT2D eigenvalue weighted by molar-refractivity contribution is -0.147. The van der Waals surface area contributed by atoms with E-state index in [1.54, 1.807) is 34.6 Å². The Morgan fingerprint density at radius 1 is 0.941 bits per heavy atom. The first kappa shape index (κ1) is 39.1. The van der Waals surface area contributed by atoms with E-state index in [9.17, 15) is 28.4 Å². The summed E-state index contributed by atoms with van der Waals surface area (Å²) in [7, 11) is 1.45. The van der Waals surface area contributed by atoms with Crippen LogP contribution in [0.2, 0.25) is 0 Å². The Morgan fingerprint density at radius 2 is 1.61 bits per heavy atom. The van der Waals surface area contributed by atoms with E-state index >= 15 is 0 Å². The molecule has 0 saturated carbocycles. The first-order chi connectivity index (χ1) is 24.0. The minimum absolute atomic E-state index is 0.0114. The van der Waals surface area contributed by atoms with Gasteiger partial charge in [0.05, 0.1) is 6.54 Å². The number of halogens is 1. The summed E-state index contributed by atoms with van der Waals surface area (Å²) in [5.41, 5.74) is 1.67. The quantitative estimate of drug-likeness (QED) is 0.380. The Bertz CT molecular complexity index is 1580. The molecule has 4 rings (SSSR count). The van der Waals surface area contributed by atoms with Crippen molar-refractivity contribution in [3.63, 3.8) is 0 Å². The molecule has 2 aromatic rings. The van der Waals surface area contributed by atoms with Crippen LogP contribution in [0.1, 0.15) is 78.4 Å². The number of nitrogens with zero attached hydrogens (tertiary/aromatic N) is 3. The van der Waals surface area contributed by atoms with Gasteiger partial charge in [-0.2, -0.15) is 0 Å². The summed E-state index contributed by atoms with van der Waals surface area (Å²) >= 11 is 0. The van der Waals surface area contributed by atoms with Gasteiger partial charge in [-0.1, -0.05) is 38.1 Å². The van der Waals surface area contributed by atoms with Crippen molar-refractivity contribution in [2.24, 2.45) is 5.92 Å². The Kier molecular flexibility index (Phi) is 12.7. The number of hydrogen-bond donors (Lipinski definition) is 2. The molecular formula is C38H52FN5O7. The lowest BCUT2D eigenvalue weighted by atomic mass is 9.79. The smallest absolute Gasteiger partial charge is 0.415 e. The van der Waals surface area contributed by atoms with E-state index in [0.717, 1.165) is 24.2 Å². The third-order valence-corrected chi connectivity index (χ3v) is 9.50. The van der Waals surface area contributed by atoms with Crippen molar-refractivity contribution < 1.29 is 37.8 Å². The molecule has 2 aromatic carbocycles. The molecule has 51 heavy (non-hydrogen) atoms. The molecule has 2 N–H and O–H groups in total. The molecule has 5 amide bonds. The molecule has 0 radical (unpaired) electrons. The third-order valence-electron chi connectivity index (χ3n) is 9.50. The maximum Gasteiger partial charge on any atom is 0.415 e. The number of hydrogen-bond acceptors (Lipinski definition) is 7. The molecule has 2 aliphatic rings. The van der Waals surface area contributed by atoms with Crippen LogP contribution in [0.4, 0.5) is 14.0 Å². The number of rotatable bonds is 9.